The van der Waals surface area contributed by atoms with E-state index in [-0.39, 0.29) is 18.4 Å². The highest BCUT2D eigenvalue weighted by molar-refractivity contribution is 7.15. The average molecular weight is 501 g/mol. The van der Waals surface area contributed by atoms with Gasteiger partial charge in [-0.15, -0.1) is 11.3 Å². The maximum atomic E-state index is 12.8. The Morgan fingerprint density at radius 3 is 2.58 bits per heavy atom. The van der Waals surface area contributed by atoms with E-state index < -0.39 is 6.09 Å². The number of hydrogen-bond acceptors (Lipinski definition) is 6. The van der Waals surface area contributed by atoms with Crippen molar-refractivity contribution in [3.63, 3.8) is 0 Å². The van der Waals surface area contributed by atoms with E-state index in [0.29, 0.717) is 34.9 Å². The monoisotopic (exact) mass is 500 g/mol. The highest BCUT2D eigenvalue weighted by atomic mass is 32.1. The predicted molar refractivity (Wildman–Crippen MR) is 134 cm³/mol. The molecule has 2 heterocycles. The van der Waals surface area contributed by atoms with E-state index in [9.17, 15) is 14.4 Å². The van der Waals surface area contributed by atoms with Crippen molar-refractivity contribution < 1.29 is 24.2 Å². The summed E-state index contributed by atoms with van der Waals surface area (Å²) in [5.74, 6) is 0.324. The third kappa shape index (κ3) is 5.03. The molecule has 10 heteroatoms. The third-order valence-corrected chi connectivity index (χ3v) is 6.51. The van der Waals surface area contributed by atoms with Crippen LogP contribution in [0.25, 0.3) is 10.6 Å². The summed E-state index contributed by atoms with van der Waals surface area (Å²) in [5.41, 5.74) is 2.98. The number of rotatable bonds is 6. The topological polar surface area (TPSA) is 130 Å². The highest BCUT2D eigenvalue weighted by Gasteiger charge is 2.21. The van der Waals surface area contributed by atoms with Crippen molar-refractivity contribution in [3.05, 3.63) is 94.5 Å². The first-order valence-electron chi connectivity index (χ1n) is 11.0. The summed E-state index contributed by atoms with van der Waals surface area (Å²) in [4.78, 5) is 41.2. The van der Waals surface area contributed by atoms with Crippen molar-refractivity contribution in [2.45, 2.75) is 13.1 Å². The van der Waals surface area contributed by atoms with Crippen molar-refractivity contribution >= 4 is 34.9 Å². The number of ether oxygens (including phenoxy) is 1. The van der Waals surface area contributed by atoms with Crippen molar-refractivity contribution in [2.75, 3.05) is 5.32 Å². The first-order valence-corrected chi connectivity index (χ1v) is 11.8. The fraction of sp³-hybridized carbons (Fsp3) is 0.0769. The summed E-state index contributed by atoms with van der Waals surface area (Å²) in [6, 6.07) is 19.3. The fourth-order valence-corrected chi connectivity index (χ4v) is 4.50. The van der Waals surface area contributed by atoms with Crippen LogP contribution in [0, 0.1) is 0 Å². The van der Waals surface area contributed by atoms with Gasteiger partial charge >= 0.3 is 6.09 Å². The first-order chi connectivity index (χ1) is 17.5. The molecule has 180 valence electrons. The molecule has 0 saturated heterocycles. The molecule has 0 saturated carbocycles. The van der Waals surface area contributed by atoms with E-state index in [1.165, 1.54) is 11.3 Å². The quantitative estimate of drug-likeness (QED) is 0.299. The Kier molecular flexibility index (Phi) is 6.33. The number of carboxylic acid groups (broad SMARTS) is 1. The molecule has 0 fully saturated rings. The van der Waals surface area contributed by atoms with Crippen LogP contribution in [0.3, 0.4) is 0 Å². The second-order valence-electron chi connectivity index (χ2n) is 7.93. The molecule has 9 nitrogen and oxygen atoms in total. The van der Waals surface area contributed by atoms with Gasteiger partial charge in [0.1, 0.15) is 10.8 Å². The molecule has 4 aromatic rings. The molecule has 0 bridgehead atoms. The van der Waals surface area contributed by atoms with Gasteiger partial charge in [0.25, 0.3) is 11.8 Å². The molecule has 4 N–H and O–H groups in total. The number of amides is 3. The summed E-state index contributed by atoms with van der Waals surface area (Å²) < 4.78 is 5.86. The molecule has 0 atom stereocenters. The molecule has 3 amide bonds. The van der Waals surface area contributed by atoms with Gasteiger partial charge in [-0.25, -0.2) is 9.78 Å². The second-order valence-corrected chi connectivity index (χ2v) is 9.05. The summed E-state index contributed by atoms with van der Waals surface area (Å²) in [6.45, 7) is 0.526. The number of carbonyl (C=O) groups is 3. The van der Waals surface area contributed by atoms with Gasteiger partial charge in [-0.05, 0) is 35.9 Å². The molecule has 1 aromatic heterocycles. The van der Waals surface area contributed by atoms with Crippen molar-refractivity contribution in [3.8, 4) is 22.1 Å². The van der Waals surface area contributed by atoms with E-state index in [0.717, 1.165) is 21.0 Å². The number of benzene rings is 3. The maximum Gasteiger partial charge on any atom is 0.404 e. The van der Waals surface area contributed by atoms with Gasteiger partial charge in [0.05, 0.1) is 17.8 Å². The molecule has 0 spiro atoms. The summed E-state index contributed by atoms with van der Waals surface area (Å²) in [7, 11) is 0. The second kappa shape index (κ2) is 9.88. The zero-order valence-electron chi connectivity index (χ0n) is 18.8. The highest BCUT2D eigenvalue weighted by Crippen LogP contribution is 2.36. The van der Waals surface area contributed by atoms with Crippen LogP contribution in [0.2, 0.25) is 0 Å². The Balaban J connectivity index is 1.22. The van der Waals surface area contributed by atoms with Gasteiger partial charge in [-0.1, -0.05) is 36.4 Å². The number of thiazole rings is 1. The Morgan fingerprint density at radius 1 is 0.972 bits per heavy atom. The van der Waals surface area contributed by atoms with Crippen LogP contribution in [-0.4, -0.2) is 28.0 Å². The lowest BCUT2D eigenvalue weighted by Gasteiger charge is -2.10. The van der Waals surface area contributed by atoms with Crippen LogP contribution in [0.1, 0.15) is 31.2 Å². The number of hydrogen-bond donors (Lipinski definition) is 4. The Hall–Kier alpha value is -4.70. The minimum atomic E-state index is -1.07. The molecule has 5 rings (SSSR count). The van der Waals surface area contributed by atoms with Gasteiger partial charge in [-0.3, -0.25) is 9.59 Å². The molecule has 0 aliphatic carbocycles. The van der Waals surface area contributed by atoms with Crippen LogP contribution in [0.5, 0.6) is 11.5 Å². The molecule has 3 aromatic carbocycles. The third-order valence-electron chi connectivity index (χ3n) is 5.46. The molecule has 1 aliphatic rings. The van der Waals surface area contributed by atoms with E-state index in [1.54, 1.807) is 48.7 Å². The average Bonchev–Trinajstić information content (AvgIpc) is 3.31. The normalized spacial score (nSPS) is 11.8. The Labute approximate surface area is 209 Å². The number of nitrogens with one attached hydrogen (secondary N) is 3. The molecule has 0 radical (unpaired) electrons. The van der Waals surface area contributed by atoms with E-state index in [2.05, 4.69) is 20.9 Å². The van der Waals surface area contributed by atoms with Gasteiger partial charge < -0.3 is 25.8 Å². The lowest BCUT2D eigenvalue weighted by atomic mass is 10.1. The lowest BCUT2D eigenvalue weighted by molar-refractivity contribution is 0.0950. The minimum absolute atomic E-state index is 0.232. The van der Waals surface area contributed by atoms with Gasteiger partial charge in [0.15, 0.2) is 5.75 Å². The van der Waals surface area contributed by atoms with E-state index >= 15 is 0 Å². The van der Waals surface area contributed by atoms with Gasteiger partial charge in [-0.2, -0.15) is 0 Å². The number of para-hydroxylation sites is 1. The van der Waals surface area contributed by atoms with Crippen molar-refractivity contribution in [1.29, 1.82) is 0 Å². The molecule has 0 unspecified atom stereocenters. The van der Waals surface area contributed by atoms with Crippen LogP contribution < -0.4 is 20.7 Å². The standard InChI is InChI=1S/C26H20N4O5S/c31-23(17-9-10-22-20(11-17)30-24(32)19-3-1-2-4-21(19)35-22)27-13-18-14-28-25(36-18)16-7-5-15(6-8-16)12-29-26(33)34/h1-11,14,29H,12-13H2,(H,27,31)(H,30,32)(H,33,34). The van der Waals surface area contributed by atoms with Gasteiger partial charge in [0, 0.05) is 28.7 Å². The van der Waals surface area contributed by atoms with Crippen LogP contribution in [-0.2, 0) is 13.1 Å². The number of anilines is 1. The predicted octanol–water partition coefficient (Wildman–Crippen LogP) is 4.87. The molecular formula is C26H20N4O5S. The summed E-state index contributed by atoms with van der Waals surface area (Å²) in [5, 5.41) is 17.5. The molecule has 1 aliphatic heterocycles. The van der Waals surface area contributed by atoms with Crippen LogP contribution in [0.4, 0.5) is 10.5 Å². The summed E-state index contributed by atoms with van der Waals surface area (Å²) in [6.07, 6.45) is 0.642. The van der Waals surface area contributed by atoms with E-state index in [4.69, 9.17) is 9.84 Å². The van der Waals surface area contributed by atoms with Crippen molar-refractivity contribution in [2.24, 2.45) is 0 Å². The first kappa shape index (κ1) is 23.1. The molecule has 36 heavy (non-hydrogen) atoms. The number of fused-ring (bicyclic) bond motifs is 2. The van der Waals surface area contributed by atoms with E-state index in [1.807, 2.05) is 24.3 Å². The van der Waals surface area contributed by atoms with Crippen molar-refractivity contribution in [1.82, 2.24) is 15.6 Å². The van der Waals surface area contributed by atoms with Gasteiger partial charge in [0.2, 0.25) is 0 Å². The zero-order valence-corrected chi connectivity index (χ0v) is 19.6. The van der Waals surface area contributed by atoms with Crippen LogP contribution in [0.15, 0.2) is 72.9 Å². The largest absolute Gasteiger partial charge is 0.465 e. The SMILES string of the molecule is O=C(O)NCc1ccc(-c2ncc(CNC(=O)c3ccc4c(c3)NC(=O)c3ccccc3O4)s2)cc1. The molecular weight excluding hydrogens is 480 g/mol. The maximum absolute atomic E-state index is 12.8. The summed E-state index contributed by atoms with van der Waals surface area (Å²) >= 11 is 1.45. The Bertz CT molecular complexity index is 1470. The lowest BCUT2D eigenvalue weighted by Crippen LogP contribution is -2.22. The number of aromatic nitrogens is 1. The van der Waals surface area contributed by atoms with Crippen LogP contribution >= 0.6 is 11.3 Å². The number of carbonyl (C=O) groups excluding carboxylic acids is 2. The Morgan fingerprint density at radius 2 is 1.78 bits per heavy atom. The fourth-order valence-electron chi connectivity index (χ4n) is 3.64. The zero-order chi connectivity index (χ0) is 25.1. The smallest absolute Gasteiger partial charge is 0.404 e. The number of nitrogens with zero attached hydrogens (tertiary/aromatic N) is 1. The minimum Gasteiger partial charge on any atom is -0.465 e.